The highest BCUT2D eigenvalue weighted by Gasteiger charge is 2.11. The lowest BCUT2D eigenvalue weighted by molar-refractivity contribution is 0.0938. The summed E-state index contributed by atoms with van der Waals surface area (Å²) in [6.07, 6.45) is 1.73. The van der Waals surface area contributed by atoms with Crippen LogP contribution in [-0.2, 0) is 6.42 Å². The second-order valence-corrected chi connectivity index (χ2v) is 9.02. The maximum atomic E-state index is 13.1. The minimum atomic E-state index is -0.308. The lowest BCUT2D eigenvalue weighted by Gasteiger charge is -2.14. The monoisotopic (exact) mass is 473 g/mol. The first-order valence-corrected chi connectivity index (χ1v) is 11.8. The van der Waals surface area contributed by atoms with Gasteiger partial charge in [-0.2, -0.15) is 9.78 Å². The van der Waals surface area contributed by atoms with Gasteiger partial charge in [0.2, 0.25) is 0 Å². The zero-order chi connectivity index (χ0) is 23.9. The zero-order valence-corrected chi connectivity index (χ0v) is 19.5. The van der Waals surface area contributed by atoms with Gasteiger partial charge in [0.25, 0.3) is 11.5 Å². The van der Waals surface area contributed by atoms with E-state index in [2.05, 4.69) is 22.5 Å². The van der Waals surface area contributed by atoms with E-state index in [4.69, 9.17) is 0 Å². The Kier molecular flexibility index (Phi) is 7.54. The van der Waals surface area contributed by atoms with Crippen LogP contribution >= 0.6 is 11.8 Å². The van der Waals surface area contributed by atoms with E-state index in [1.807, 2.05) is 25.1 Å². The molecule has 0 spiro atoms. The standard InChI is InChI=1S/C27H24FN3O2S/c1-19(7-8-20-5-3-2-4-6-20)29-27(33)21-9-13-23(14-10-21)31-26(32)18-17-25(30-31)34-24-15-11-22(28)12-16-24/h2-6,9-19H,7-8H2,1H3,(H,29,33). The van der Waals surface area contributed by atoms with Gasteiger partial charge in [-0.3, -0.25) is 9.59 Å². The van der Waals surface area contributed by atoms with Crippen LogP contribution in [0.4, 0.5) is 4.39 Å². The fourth-order valence-electron chi connectivity index (χ4n) is 3.42. The van der Waals surface area contributed by atoms with Crippen molar-refractivity contribution < 1.29 is 9.18 Å². The molecule has 1 heterocycles. The summed E-state index contributed by atoms with van der Waals surface area (Å²) in [5.41, 5.74) is 2.03. The predicted octanol–water partition coefficient (Wildman–Crippen LogP) is 5.27. The molecule has 3 aromatic carbocycles. The first kappa shape index (κ1) is 23.4. The first-order chi connectivity index (χ1) is 16.5. The number of nitrogens with zero attached hydrogens (tertiary/aromatic N) is 2. The molecular weight excluding hydrogens is 449 g/mol. The number of benzene rings is 3. The second-order valence-electron chi connectivity index (χ2n) is 7.92. The van der Waals surface area contributed by atoms with E-state index < -0.39 is 0 Å². The van der Waals surface area contributed by atoms with Gasteiger partial charge in [0.1, 0.15) is 10.8 Å². The molecule has 0 aliphatic carbocycles. The number of carbonyl (C=O) groups excluding carboxylic acids is 1. The lowest BCUT2D eigenvalue weighted by atomic mass is 10.1. The van der Waals surface area contributed by atoms with Crippen LogP contribution in [0.15, 0.2) is 106 Å². The number of rotatable bonds is 8. The topological polar surface area (TPSA) is 64.0 Å². The smallest absolute Gasteiger partial charge is 0.271 e. The molecule has 0 aliphatic heterocycles. The van der Waals surface area contributed by atoms with Gasteiger partial charge < -0.3 is 5.32 Å². The lowest BCUT2D eigenvalue weighted by Crippen LogP contribution is -2.32. The molecule has 0 radical (unpaired) electrons. The fraction of sp³-hybridized carbons (Fsp3) is 0.148. The molecule has 1 amide bonds. The summed E-state index contributed by atoms with van der Waals surface area (Å²) < 4.78 is 14.4. The van der Waals surface area contributed by atoms with E-state index in [0.717, 1.165) is 17.7 Å². The number of nitrogens with one attached hydrogen (secondary N) is 1. The molecule has 4 aromatic rings. The molecule has 172 valence electrons. The van der Waals surface area contributed by atoms with Crippen molar-refractivity contribution in [1.29, 1.82) is 0 Å². The summed E-state index contributed by atoms with van der Waals surface area (Å²) in [5, 5.41) is 8.03. The maximum absolute atomic E-state index is 13.1. The molecule has 34 heavy (non-hydrogen) atoms. The second kappa shape index (κ2) is 10.9. The van der Waals surface area contributed by atoms with Crippen molar-refractivity contribution in [2.24, 2.45) is 0 Å². The minimum Gasteiger partial charge on any atom is -0.350 e. The number of carbonyl (C=O) groups is 1. The molecule has 0 bridgehead atoms. The number of aromatic nitrogens is 2. The Hall–Kier alpha value is -3.71. The van der Waals surface area contributed by atoms with Crippen LogP contribution in [0.2, 0.25) is 0 Å². The Morgan fingerprint density at radius 3 is 2.38 bits per heavy atom. The van der Waals surface area contributed by atoms with Crippen LogP contribution in [0.1, 0.15) is 29.3 Å². The van der Waals surface area contributed by atoms with Crippen molar-refractivity contribution in [3.63, 3.8) is 0 Å². The summed E-state index contributed by atoms with van der Waals surface area (Å²) >= 11 is 1.33. The highest BCUT2D eigenvalue weighted by molar-refractivity contribution is 7.99. The largest absolute Gasteiger partial charge is 0.350 e. The van der Waals surface area contributed by atoms with E-state index in [-0.39, 0.29) is 23.3 Å². The average Bonchev–Trinajstić information content (AvgIpc) is 2.86. The van der Waals surface area contributed by atoms with Gasteiger partial charge in [0.05, 0.1) is 5.69 Å². The van der Waals surface area contributed by atoms with Crippen LogP contribution in [-0.4, -0.2) is 21.7 Å². The van der Waals surface area contributed by atoms with Crippen LogP contribution in [0.3, 0.4) is 0 Å². The van der Waals surface area contributed by atoms with Gasteiger partial charge in [0.15, 0.2) is 0 Å². The SMILES string of the molecule is CC(CCc1ccccc1)NC(=O)c1ccc(-n2nc(Sc3ccc(F)cc3)ccc2=O)cc1. The maximum Gasteiger partial charge on any atom is 0.271 e. The quantitative estimate of drug-likeness (QED) is 0.379. The Morgan fingerprint density at radius 2 is 1.68 bits per heavy atom. The molecule has 1 N–H and O–H groups in total. The molecule has 0 fully saturated rings. The van der Waals surface area contributed by atoms with Gasteiger partial charge >= 0.3 is 0 Å². The summed E-state index contributed by atoms with van der Waals surface area (Å²) in [7, 11) is 0. The molecule has 1 unspecified atom stereocenters. The summed E-state index contributed by atoms with van der Waals surface area (Å²) in [5.74, 6) is -0.468. The van der Waals surface area contributed by atoms with E-state index in [1.165, 1.54) is 40.2 Å². The fourth-order valence-corrected chi connectivity index (χ4v) is 4.19. The third kappa shape index (κ3) is 6.20. The van der Waals surface area contributed by atoms with E-state index in [9.17, 15) is 14.0 Å². The Bertz CT molecular complexity index is 1310. The van der Waals surface area contributed by atoms with Crippen molar-refractivity contribution in [3.8, 4) is 5.69 Å². The molecule has 4 rings (SSSR count). The van der Waals surface area contributed by atoms with Crippen LogP contribution in [0.25, 0.3) is 5.69 Å². The van der Waals surface area contributed by atoms with Crippen molar-refractivity contribution in [2.75, 3.05) is 0 Å². The number of aryl methyl sites for hydroxylation is 1. The van der Waals surface area contributed by atoms with Gasteiger partial charge in [-0.25, -0.2) is 4.39 Å². The summed E-state index contributed by atoms with van der Waals surface area (Å²) in [4.78, 5) is 25.8. The normalized spacial score (nSPS) is 11.7. The summed E-state index contributed by atoms with van der Waals surface area (Å²) in [6, 6.07) is 26.1. The van der Waals surface area contributed by atoms with Gasteiger partial charge in [0, 0.05) is 22.6 Å². The average molecular weight is 474 g/mol. The van der Waals surface area contributed by atoms with Crippen LogP contribution in [0, 0.1) is 5.82 Å². The third-order valence-electron chi connectivity index (χ3n) is 5.27. The van der Waals surface area contributed by atoms with Crippen molar-refractivity contribution in [2.45, 2.75) is 35.7 Å². The third-order valence-corrected chi connectivity index (χ3v) is 6.21. The number of hydrogen-bond donors (Lipinski definition) is 1. The highest BCUT2D eigenvalue weighted by atomic mass is 32.2. The number of halogens is 1. The Morgan fingerprint density at radius 1 is 0.971 bits per heavy atom. The van der Waals surface area contributed by atoms with Gasteiger partial charge in [-0.1, -0.05) is 42.1 Å². The molecule has 0 saturated heterocycles. The Labute approximate surface area is 201 Å². The Balaban J connectivity index is 1.41. The first-order valence-electron chi connectivity index (χ1n) is 11.0. The zero-order valence-electron chi connectivity index (χ0n) is 18.6. The van der Waals surface area contributed by atoms with E-state index in [1.54, 1.807) is 42.5 Å². The molecule has 0 saturated carbocycles. The molecule has 5 nitrogen and oxygen atoms in total. The molecule has 0 aliphatic rings. The molecule has 7 heteroatoms. The minimum absolute atomic E-state index is 0.0248. The highest BCUT2D eigenvalue weighted by Crippen LogP contribution is 2.25. The predicted molar refractivity (Wildman–Crippen MR) is 132 cm³/mol. The van der Waals surface area contributed by atoms with Crippen LogP contribution in [0.5, 0.6) is 0 Å². The van der Waals surface area contributed by atoms with Gasteiger partial charge in [-0.15, -0.1) is 0 Å². The molecular formula is C27H24FN3O2S. The van der Waals surface area contributed by atoms with Crippen molar-refractivity contribution in [3.05, 3.63) is 118 Å². The van der Waals surface area contributed by atoms with E-state index >= 15 is 0 Å². The van der Waals surface area contributed by atoms with Crippen LogP contribution < -0.4 is 10.9 Å². The molecule has 1 atom stereocenters. The molecule has 1 aromatic heterocycles. The number of amides is 1. The number of hydrogen-bond acceptors (Lipinski definition) is 4. The van der Waals surface area contributed by atoms with E-state index in [0.29, 0.717) is 16.3 Å². The van der Waals surface area contributed by atoms with Gasteiger partial charge in [-0.05, 0) is 79.9 Å². The van der Waals surface area contributed by atoms with Crippen molar-refractivity contribution in [1.82, 2.24) is 15.1 Å². The van der Waals surface area contributed by atoms with Crippen molar-refractivity contribution >= 4 is 17.7 Å². The summed E-state index contributed by atoms with van der Waals surface area (Å²) in [6.45, 7) is 1.99.